The number of carbonyl (C=O) groups excluding carboxylic acids is 2. The van der Waals surface area contributed by atoms with Crippen molar-refractivity contribution in [3.8, 4) is 5.75 Å². The van der Waals surface area contributed by atoms with Crippen LogP contribution in [0.4, 0.5) is 5.69 Å². The Balaban J connectivity index is 1.58. The molecule has 1 saturated heterocycles. The maximum absolute atomic E-state index is 13.0. The highest BCUT2D eigenvalue weighted by Gasteiger charge is 2.27. The summed E-state index contributed by atoms with van der Waals surface area (Å²) in [6, 6.07) is 7.37. The van der Waals surface area contributed by atoms with Crippen LogP contribution in [0.5, 0.6) is 5.75 Å². The van der Waals surface area contributed by atoms with Gasteiger partial charge in [-0.25, -0.2) is 0 Å². The topological polar surface area (TPSA) is 76.5 Å². The first-order valence-corrected chi connectivity index (χ1v) is 9.72. The van der Waals surface area contributed by atoms with Gasteiger partial charge in [0.15, 0.2) is 5.78 Å². The van der Waals surface area contributed by atoms with Crippen molar-refractivity contribution in [2.45, 2.75) is 32.8 Å². The predicted molar refractivity (Wildman–Crippen MR) is 108 cm³/mol. The minimum atomic E-state index is -0.103. The van der Waals surface area contributed by atoms with Gasteiger partial charge in [-0.05, 0) is 45.4 Å². The van der Waals surface area contributed by atoms with Crippen LogP contribution in [0.25, 0.3) is 0 Å². The quantitative estimate of drug-likeness (QED) is 0.743. The molecular weight excluding hydrogens is 356 g/mol. The lowest BCUT2D eigenvalue weighted by Crippen LogP contribution is -2.42. The van der Waals surface area contributed by atoms with Crippen molar-refractivity contribution >= 4 is 17.4 Å². The number of ether oxygens (including phenoxy) is 1. The lowest BCUT2D eigenvalue weighted by atomic mass is 9.90. The van der Waals surface area contributed by atoms with E-state index in [4.69, 9.17) is 4.74 Å². The van der Waals surface area contributed by atoms with Gasteiger partial charge >= 0.3 is 0 Å². The lowest BCUT2D eigenvalue weighted by molar-refractivity contribution is -0.117. The number of anilines is 1. The van der Waals surface area contributed by atoms with Gasteiger partial charge in [0, 0.05) is 31.3 Å². The largest absolute Gasteiger partial charge is 0.491 e. The molecule has 0 unspecified atom stereocenters. The van der Waals surface area contributed by atoms with Crippen LogP contribution < -0.4 is 10.1 Å². The second-order valence-electron chi connectivity index (χ2n) is 7.58. The third-order valence-electron chi connectivity index (χ3n) is 4.72. The molecule has 0 bridgehead atoms. The van der Waals surface area contributed by atoms with Crippen molar-refractivity contribution in [2.24, 2.45) is 13.0 Å². The van der Waals surface area contributed by atoms with Crippen molar-refractivity contribution in [1.29, 1.82) is 0 Å². The average Bonchev–Trinajstić information content (AvgIpc) is 3.05. The fourth-order valence-corrected chi connectivity index (χ4v) is 3.53. The van der Waals surface area contributed by atoms with Gasteiger partial charge in [-0.1, -0.05) is 12.1 Å². The first-order valence-electron chi connectivity index (χ1n) is 9.72. The molecule has 2 heterocycles. The molecule has 1 N–H and O–H groups in total. The van der Waals surface area contributed by atoms with Crippen LogP contribution in [-0.2, 0) is 11.8 Å². The molecule has 28 heavy (non-hydrogen) atoms. The Morgan fingerprint density at radius 1 is 1.36 bits per heavy atom. The van der Waals surface area contributed by atoms with Crippen LogP contribution in [0.15, 0.2) is 36.7 Å². The Morgan fingerprint density at radius 3 is 2.89 bits per heavy atom. The van der Waals surface area contributed by atoms with Crippen molar-refractivity contribution < 1.29 is 14.3 Å². The number of carbonyl (C=O) groups is 2. The van der Waals surface area contributed by atoms with Crippen molar-refractivity contribution in [3.63, 3.8) is 0 Å². The number of piperidine rings is 1. The van der Waals surface area contributed by atoms with Crippen molar-refractivity contribution in [3.05, 3.63) is 42.2 Å². The summed E-state index contributed by atoms with van der Waals surface area (Å²) in [4.78, 5) is 27.3. The molecule has 2 aromatic rings. The number of aryl methyl sites for hydroxylation is 1. The Labute approximate surface area is 165 Å². The molecule has 7 nitrogen and oxygen atoms in total. The number of hydrogen-bond donors (Lipinski definition) is 1. The summed E-state index contributed by atoms with van der Waals surface area (Å²) in [7, 11) is 1.80. The smallest absolute Gasteiger partial charge is 0.238 e. The second kappa shape index (κ2) is 9.01. The van der Waals surface area contributed by atoms with Gasteiger partial charge in [0.1, 0.15) is 5.75 Å². The van der Waals surface area contributed by atoms with Crippen molar-refractivity contribution in [2.75, 3.05) is 25.0 Å². The summed E-state index contributed by atoms with van der Waals surface area (Å²) in [6.45, 7) is 5.61. The van der Waals surface area contributed by atoms with E-state index in [9.17, 15) is 9.59 Å². The van der Waals surface area contributed by atoms with Gasteiger partial charge in [0.25, 0.3) is 0 Å². The molecule has 0 radical (unpaired) electrons. The van der Waals surface area contributed by atoms with E-state index in [1.54, 1.807) is 24.1 Å². The van der Waals surface area contributed by atoms with E-state index in [1.807, 2.05) is 43.0 Å². The molecule has 1 aromatic carbocycles. The first-order chi connectivity index (χ1) is 13.4. The number of nitrogens with zero attached hydrogens (tertiary/aromatic N) is 3. The molecule has 0 saturated carbocycles. The van der Waals surface area contributed by atoms with E-state index < -0.39 is 0 Å². The van der Waals surface area contributed by atoms with Crippen LogP contribution in [0.1, 0.15) is 37.0 Å². The number of aromatic nitrogens is 2. The standard InChI is InChI=1S/C21H28N4O3/c1-15(2)28-19-8-4-6-16(10-19)21(27)17-7-5-9-25(12-17)14-20(26)23-18-11-22-24(3)13-18/h4,6,8,10-11,13,15,17H,5,7,9,12,14H2,1-3H3,(H,23,26)/t17-/m1/s1. The molecule has 1 aromatic heterocycles. The molecule has 150 valence electrons. The van der Waals surface area contributed by atoms with E-state index in [2.05, 4.69) is 10.4 Å². The number of ketones is 1. The Morgan fingerprint density at radius 2 is 2.18 bits per heavy atom. The number of Topliss-reactive ketones (excluding diaryl/α,β-unsaturated/α-hetero) is 1. The number of rotatable bonds is 7. The van der Waals surface area contributed by atoms with Gasteiger partial charge in [-0.3, -0.25) is 19.2 Å². The summed E-state index contributed by atoms with van der Waals surface area (Å²) in [6.07, 6.45) is 5.18. The minimum Gasteiger partial charge on any atom is -0.491 e. The van der Waals surface area contributed by atoms with Gasteiger partial charge < -0.3 is 10.1 Å². The summed E-state index contributed by atoms with van der Waals surface area (Å²) in [5.74, 6) is 0.638. The Kier molecular flexibility index (Phi) is 6.46. The summed E-state index contributed by atoms with van der Waals surface area (Å²) >= 11 is 0. The normalized spacial score (nSPS) is 17.5. The third kappa shape index (κ3) is 5.42. The highest BCUT2D eigenvalue weighted by Crippen LogP contribution is 2.23. The molecule has 7 heteroatoms. The molecule has 1 amide bonds. The van der Waals surface area contributed by atoms with Crippen LogP contribution in [0.2, 0.25) is 0 Å². The van der Waals surface area contributed by atoms with E-state index in [0.717, 1.165) is 19.4 Å². The lowest BCUT2D eigenvalue weighted by Gasteiger charge is -2.31. The third-order valence-corrected chi connectivity index (χ3v) is 4.72. The van der Waals surface area contributed by atoms with E-state index in [-0.39, 0.29) is 30.3 Å². The summed E-state index contributed by atoms with van der Waals surface area (Å²) in [5.41, 5.74) is 1.35. The monoisotopic (exact) mass is 384 g/mol. The number of amides is 1. The van der Waals surface area contributed by atoms with Crippen LogP contribution in [-0.4, -0.2) is 52.1 Å². The van der Waals surface area contributed by atoms with E-state index in [0.29, 0.717) is 23.5 Å². The molecular formula is C21H28N4O3. The van der Waals surface area contributed by atoms with E-state index >= 15 is 0 Å². The SMILES string of the molecule is CC(C)Oc1cccc(C(=O)[C@@H]2CCCN(CC(=O)Nc3cnn(C)c3)C2)c1. The second-order valence-corrected chi connectivity index (χ2v) is 7.58. The zero-order chi connectivity index (χ0) is 20.1. The zero-order valence-electron chi connectivity index (χ0n) is 16.7. The molecule has 0 aliphatic carbocycles. The van der Waals surface area contributed by atoms with Crippen molar-refractivity contribution in [1.82, 2.24) is 14.7 Å². The maximum Gasteiger partial charge on any atom is 0.238 e. The number of nitrogens with one attached hydrogen (secondary N) is 1. The maximum atomic E-state index is 13.0. The van der Waals surface area contributed by atoms with Gasteiger partial charge in [0.2, 0.25) is 5.91 Å². The van der Waals surface area contributed by atoms with Crippen LogP contribution >= 0.6 is 0 Å². The van der Waals surface area contributed by atoms with Gasteiger partial charge in [0.05, 0.1) is 24.5 Å². The van der Waals surface area contributed by atoms with Gasteiger partial charge in [-0.2, -0.15) is 5.10 Å². The number of likely N-dealkylation sites (tertiary alicyclic amines) is 1. The highest BCUT2D eigenvalue weighted by atomic mass is 16.5. The first kappa shape index (κ1) is 20.1. The Hall–Kier alpha value is -2.67. The fourth-order valence-electron chi connectivity index (χ4n) is 3.53. The molecule has 1 atom stereocenters. The fraction of sp³-hybridized carbons (Fsp3) is 0.476. The summed E-state index contributed by atoms with van der Waals surface area (Å²) in [5, 5.41) is 6.89. The average molecular weight is 384 g/mol. The molecule has 1 fully saturated rings. The van der Waals surface area contributed by atoms with E-state index in [1.165, 1.54) is 0 Å². The molecule has 3 rings (SSSR count). The Bertz CT molecular complexity index is 831. The summed E-state index contributed by atoms with van der Waals surface area (Å²) < 4.78 is 7.34. The molecule has 1 aliphatic heterocycles. The van der Waals surface area contributed by atoms with Gasteiger partial charge in [-0.15, -0.1) is 0 Å². The zero-order valence-corrected chi connectivity index (χ0v) is 16.7. The molecule has 1 aliphatic rings. The number of hydrogen-bond acceptors (Lipinski definition) is 5. The predicted octanol–water partition coefficient (Wildman–Crippen LogP) is 2.74. The highest BCUT2D eigenvalue weighted by molar-refractivity contribution is 5.98. The van der Waals surface area contributed by atoms with Crippen LogP contribution in [0, 0.1) is 5.92 Å². The van der Waals surface area contributed by atoms with Crippen LogP contribution in [0.3, 0.4) is 0 Å². The molecule has 0 spiro atoms. The number of benzene rings is 1. The minimum absolute atomic E-state index is 0.0638.